The van der Waals surface area contributed by atoms with Gasteiger partial charge in [0.25, 0.3) is 0 Å². The lowest BCUT2D eigenvalue weighted by Gasteiger charge is -2.20. The molecule has 0 unspecified atom stereocenters. The first-order valence-electron chi connectivity index (χ1n) is 5.95. The molecule has 0 spiro atoms. The first-order valence-corrected chi connectivity index (χ1v) is 5.95. The molecule has 8 heteroatoms. The SMILES string of the molecule is COc1ccc([C@@H](N)CCC(F)(F)F)c(OC)c1OC.Cl. The lowest BCUT2D eigenvalue weighted by atomic mass is 10.0. The molecule has 4 nitrogen and oxygen atoms in total. The molecule has 1 rings (SSSR count). The van der Waals surface area contributed by atoms with E-state index in [2.05, 4.69) is 0 Å². The quantitative estimate of drug-likeness (QED) is 0.868. The Hall–Kier alpha value is -1.34. The minimum absolute atomic E-state index is 0. The van der Waals surface area contributed by atoms with Gasteiger partial charge in [-0.2, -0.15) is 13.2 Å². The summed E-state index contributed by atoms with van der Waals surface area (Å²) in [6, 6.07) is 2.37. The molecule has 1 aromatic rings. The van der Waals surface area contributed by atoms with Crippen molar-refractivity contribution >= 4 is 12.4 Å². The van der Waals surface area contributed by atoms with E-state index in [-0.39, 0.29) is 18.8 Å². The van der Waals surface area contributed by atoms with Crippen LogP contribution in [0.25, 0.3) is 0 Å². The highest BCUT2D eigenvalue weighted by molar-refractivity contribution is 5.85. The highest BCUT2D eigenvalue weighted by Crippen LogP contribution is 2.42. The lowest BCUT2D eigenvalue weighted by Crippen LogP contribution is -2.16. The molecular formula is C13H19ClF3NO3. The van der Waals surface area contributed by atoms with E-state index in [4.69, 9.17) is 19.9 Å². The van der Waals surface area contributed by atoms with Gasteiger partial charge in [-0.15, -0.1) is 12.4 Å². The Labute approximate surface area is 127 Å². The highest BCUT2D eigenvalue weighted by atomic mass is 35.5. The molecule has 1 aromatic carbocycles. The van der Waals surface area contributed by atoms with Crippen LogP contribution < -0.4 is 19.9 Å². The molecule has 0 aliphatic heterocycles. The van der Waals surface area contributed by atoms with Crippen molar-refractivity contribution in [1.82, 2.24) is 0 Å². The molecule has 0 fully saturated rings. The Morgan fingerprint density at radius 3 is 2.05 bits per heavy atom. The van der Waals surface area contributed by atoms with Gasteiger partial charge in [-0.3, -0.25) is 0 Å². The summed E-state index contributed by atoms with van der Waals surface area (Å²) in [5.74, 6) is 1.03. The Morgan fingerprint density at radius 2 is 1.62 bits per heavy atom. The van der Waals surface area contributed by atoms with Gasteiger partial charge in [-0.25, -0.2) is 0 Å². The van der Waals surface area contributed by atoms with Gasteiger partial charge in [0.05, 0.1) is 21.3 Å². The lowest BCUT2D eigenvalue weighted by molar-refractivity contribution is -0.136. The number of nitrogens with two attached hydrogens (primary N) is 1. The molecule has 122 valence electrons. The van der Waals surface area contributed by atoms with Crippen molar-refractivity contribution in [1.29, 1.82) is 0 Å². The maximum atomic E-state index is 12.2. The van der Waals surface area contributed by atoms with E-state index < -0.39 is 18.6 Å². The van der Waals surface area contributed by atoms with E-state index in [1.54, 1.807) is 12.1 Å². The first kappa shape index (κ1) is 19.7. The van der Waals surface area contributed by atoms with E-state index in [9.17, 15) is 13.2 Å². The van der Waals surface area contributed by atoms with Crippen LogP contribution >= 0.6 is 12.4 Å². The number of hydrogen-bond acceptors (Lipinski definition) is 4. The summed E-state index contributed by atoms with van der Waals surface area (Å²) < 4.78 is 52.2. The number of rotatable bonds is 6. The van der Waals surface area contributed by atoms with Crippen molar-refractivity contribution in [3.8, 4) is 17.2 Å². The maximum Gasteiger partial charge on any atom is 0.389 e. The van der Waals surface area contributed by atoms with Gasteiger partial charge in [0, 0.05) is 18.0 Å². The van der Waals surface area contributed by atoms with Crippen molar-refractivity contribution in [2.75, 3.05) is 21.3 Å². The zero-order valence-electron chi connectivity index (χ0n) is 12.0. The van der Waals surface area contributed by atoms with Crippen molar-refractivity contribution in [2.45, 2.75) is 25.1 Å². The normalized spacial score (nSPS) is 12.3. The Bertz CT molecular complexity index is 455. The Balaban J connectivity index is 0.00000400. The largest absolute Gasteiger partial charge is 0.493 e. The molecule has 0 aromatic heterocycles. The molecule has 2 N–H and O–H groups in total. The predicted octanol–water partition coefficient (Wildman–Crippen LogP) is 3.48. The van der Waals surface area contributed by atoms with Crippen molar-refractivity contribution in [3.63, 3.8) is 0 Å². The van der Waals surface area contributed by atoms with Gasteiger partial charge in [-0.1, -0.05) is 0 Å². The fourth-order valence-corrected chi connectivity index (χ4v) is 1.89. The summed E-state index contributed by atoms with van der Waals surface area (Å²) in [7, 11) is 4.28. The molecule has 1 atom stereocenters. The molecule has 0 amide bonds. The fraction of sp³-hybridized carbons (Fsp3) is 0.538. The standard InChI is InChI=1S/C13H18F3NO3.ClH/c1-18-10-5-4-8(11(19-2)12(10)20-3)9(17)6-7-13(14,15)16;/h4-5,9H,6-7,17H2,1-3H3;1H/t9-;/m0./s1. The maximum absolute atomic E-state index is 12.2. The number of methoxy groups -OCH3 is 3. The third-order valence-electron chi connectivity index (χ3n) is 2.87. The second-order valence-corrected chi connectivity index (χ2v) is 4.18. The Kier molecular flexibility index (Phi) is 7.67. The first-order chi connectivity index (χ1) is 9.34. The van der Waals surface area contributed by atoms with Crippen LogP contribution in [0.5, 0.6) is 17.2 Å². The third-order valence-corrected chi connectivity index (χ3v) is 2.87. The zero-order chi connectivity index (χ0) is 15.3. The smallest absolute Gasteiger partial charge is 0.389 e. The van der Waals surface area contributed by atoms with Crippen LogP contribution in [0.15, 0.2) is 12.1 Å². The molecule has 0 radical (unpaired) electrons. The van der Waals surface area contributed by atoms with Gasteiger partial charge in [-0.05, 0) is 18.6 Å². The van der Waals surface area contributed by atoms with Gasteiger partial charge < -0.3 is 19.9 Å². The summed E-state index contributed by atoms with van der Waals surface area (Å²) in [6.45, 7) is 0. The number of benzene rings is 1. The predicted molar refractivity (Wildman–Crippen MR) is 75.6 cm³/mol. The van der Waals surface area contributed by atoms with Crippen LogP contribution in [-0.4, -0.2) is 27.5 Å². The summed E-state index contributed by atoms with van der Waals surface area (Å²) >= 11 is 0. The minimum atomic E-state index is -4.23. The van der Waals surface area contributed by atoms with Gasteiger partial charge >= 0.3 is 6.18 Å². The van der Waals surface area contributed by atoms with Crippen LogP contribution in [0.2, 0.25) is 0 Å². The number of ether oxygens (including phenoxy) is 3. The third kappa shape index (κ3) is 5.17. The van der Waals surface area contributed by atoms with Gasteiger partial charge in [0.1, 0.15) is 0 Å². The molecule has 0 aliphatic carbocycles. The molecule has 0 saturated heterocycles. The summed E-state index contributed by atoms with van der Waals surface area (Å²) in [4.78, 5) is 0. The van der Waals surface area contributed by atoms with E-state index in [1.807, 2.05) is 0 Å². The second-order valence-electron chi connectivity index (χ2n) is 4.18. The van der Waals surface area contributed by atoms with Crippen LogP contribution in [0.1, 0.15) is 24.4 Å². The highest BCUT2D eigenvalue weighted by Gasteiger charge is 2.29. The van der Waals surface area contributed by atoms with Gasteiger partial charge in [0.2, 0.25) is 5.75 Å². The van der Waals surface area contributed by atoms with Crippen LogP contribution in [0.4, 0.5) is 13.2 Å². The van der Waals surface area contributed by atoms with E-state index in [1.165, 1.54) is 21.3 Å². The van der Waals surface area contributed by atoms with E-state index >= 15 is 0 Å². The molecule has 0 bridgehead atoms. The average molecular weight is 330 g/mol. The number of hydrogen-bond donors (Lipinski definition) is 1. The van der Waals surface area contributed by atoms with Crippen molar-refractivity contribution in [3.05, 3.63) is 17.7 Å². The molecular weight excluding hydrogens is 311 g/mol. The average Bonchev–Trinajstić information content (AvgIpc) is 2.41. The molecule has 0 aliphatic rings. The zero-order valence-corrected chi connectivity index (χ0v) is 12.8. The number of alkyl halides is 3. The van der Waals surface area contributed by atoms with Gasteiger partial charge in [0.15, 0.2) is 11.5 Å². The molecule has 21 heavy (non-hydrogen) atoms. The van der Waals surface area contributed by atoms with Crippen molar-refractivity contribution < 1.29 is 27.4 Å². The van der Waals surface area contributed by atoms with Crippen LogP contribution in [0.3, 0.4) is 0 Å². The fourth-order valence-electron chi connectivity index (χ4n) is 1.89. The van der Waals surface area contributed by atoms with E-state index in [0.29, 0.717) is 22.8 Å². The topological polar surface area (TPSA) is 53.7 Å². The molecule has 0 heterocycles. The summed E-state index contributed by atoms with van der Waals surface area (Å²) in [5.41, 5.74) is 6.27. The summed E-state index contributed by atoms with van der Waals surface area (Å²) in [5, 5.41) is 0. The van der Waals surface area contributed by atoms with Crippen LogP contribution in [0, 0.1) is 0 Å². The Morgan fingerprint density at radius 1 is 1.05 bits per heavy atom. The monoisotopic (exact) mass is 329 g/mol. The number of halogens is 4. The summed E-state index contributed by atoms with van der Waals surface area (Å²) in [6.07, 6.45) is -5.41. The van der Waals surface area contributed by atoms with E-state index in [0.717, 1.165) is 0 Å². The van der Waals surface area contributed by atoms with Crippen molar-refractivity contribution in [2.24, 2.45) is 5.73 Å². The molecule has 0 saturated carbocycles. The van der Waals surface area contributed by atoms with Crippen LogP contribution in [-0.2, 0) is 0 Å². The minimum Gasteiger partial charge on any atom is -0.493 e. The second kappa shape index (κ2) is 8.19.